The number of benzene rings is 2. The fraction of sp³-hybridized carbons (Fsp3) is 0.388. The highest BCUT2D eigenvalue weighted by Crippen LogP contribution is 2.30. The summed E-state index contributed by atoms with van der Waals surface area (Å²) in [5, 5.41) is 32.6. The first-order valence-electron chi connectivity index (χ1n) is 23.3. The largest absolute Gasteiger partial charge is 0.478 e. The molecule has 21 nitrogen and oxygen atoms in total. The number of aliphatic hydroxyl groups excluding tert-OH is 1. The van der Waals surface area contributed by atoms with E-state index in [-0.39, 0.29) is 65.8 Å². The molecule has 0 saturated carbocycles. The van der Waals surface area contributed by atoms with Crippen molar-refractivity contribution >= 4 is 84.8 Å². The number of hydrogen-bond acceptors (Lipinski definition) is 16. The Morgan fingerprint density at radius 3 is 2.33 bits per heavy atom. The van der Waals surface area contributed by atoms with Crippen molar-refractivity contribution in [1.82, 2.24) is 35.8 Å². The zero-order chi connectivity index (χ0) is 52.9. The first-order valence-corrected chi connectivity index (χ1v) is 26.5. The summed E-state index contributed by atoms with van der Waals surface area (Å²) in [5.41, 5.74) is 4.70. The van der Waals surface area contributed by atoms with Crippen LogP contribution in [-0.4, -0.2) is 106 Å². The number of amides is 5. The van der Waals surface area contributed by atoms with Gasteiger partial charge in [-0.25, -0.2) is 23.4 Å². The number of nitrogens with zero attached hydrogens (tertiary/aromatic N) is 5. The molecule has 2 aromatic carbocycles. The summed E-state index contributed by atoms with van der Waals surface area (Å²) in [6.45, 7) is 7.88. The van der Waals surface area contributed by atoms with Gasteiger partial charge in [-0.15, -0.1) is 11.3 Å². The lowest BCUT2D eigenvalue weighted by molar-refractivity contribution is -0.380. The number of aliphatic hydroxyl groups is 1. The monoisotopic (exact) mass is 1060 g/mol. The molecule has 0 radical (unpaired) electrons. The molecular formula is C49H58N10O11S3. The van der Waals surface area contributed by atoms with E-state index >= 15 is 0 Å². The van der Waals surface area contributed by atoms with Gasteiger partial charge in [-0.1, -0.05) is 56.4 Å². The maximum absolute atomic E-state index is 14.0. The summed E-state index contributed by atoms with van der Waals surface area (Å²) < 4.78 is 34.1. The Balaban J connectivity index is 0.890. The molecule has 6 N–H and O–H groups in total. The molecule has 1 aliphatic rings. The lowest BCUT2D eigenvalue weighted by Crippen LogP contribution is -2.57. The Labute approximate surface area is 430 Å². The topological polar surface area (TPSA) is 294 Å². The average Bonchev–Trinajstić information content (AvgIpc) is 4.12. The van der Waals surface area contributed by atoms with Crippen LogP contribution in [0.3, 0.4) is 0 Å². The highest BCUT2D eigenvalue weighted by Gasteiger charge is 2.44. The van der Waals surface area contributed by atoms with E-state index in [1.54, 1.807) is 16.8 Å². The van der Waals surface area contributed by atoms with E-state index in [1.165, 1.54) is 66.8 Å². The van der Waals surface area contributed by atoms with Crippen LogP contribution in [0.2, 0.25) is 0 Å². The van der Waals surface area contributed by atoms with Crippen molar-refractivity contribution in [3.8, 4) is 16.3 Å². The summed E-state index contributed by atoms with van der Waals surface area (Å²) >= 11 is 2.47. The molecule has 1 aliphatic heterocycles. The van der Waals surface area contributed by atoms with Gasteiger partial charge in [-0.2, -0.15) is 0 Å². The molecule has 3 atom stereocenters. The second kappa shape index (κ2) is 25.0. The maximum Gasteiger partial charge on any atom is 0.324 e. The predicted molar refractivity (Wildman–Crippen MR) is 276 cm³/mol. The number of anilines is 2. The minimum absolute atomic E-state index is 0.0446. The molecule has 5 amide bonds. The van der Waals surface area contributed by atoms with Crippen LogP contribution in [0, 0.1) is 22.5 Å². The fourth-order valence-electron chi connectivity index (χ4n) is 7.68. The molecule has 388 valence electrons. The van der Waals surface area contributed by atoms with Gasteiger partial charge in [-0.05, 0) is 85.6 Å². The number of aryl methyl sites for hydroxylation is 2. The molecular weight excluding hydrogens is 1000 g/mol. The third-order valence-electron chi connectivity index (χ3n) is 11.5. The molecule has 0 spiro atoms. The van der Waals surface area contributed by atoms with Crippen molar-refractivity contribution in [1.29, 1.82) is 0 Å². The van der Waals surface area contributed by atoms with Gasteiger partial charge in [0.2, 0.25) is 35.4 Å². The standard InChI is InChI=1S/C49H58N10O11S3/c1-30-43(71-29-53-30)32-14-12-31(13-15-32)26-52-46(64)38-25-35(60)28-58(38)48(65)44(49(2,3)4)56-40(62)11-7-6-10-39(61)50-24-8-9-34-27-51-45(47(55-34)70-5)57-73(68,69)37-20-16-33(17-21-37)54-41(63)22-18-36-19-23-42(72-36)59(66)67/h12-23,27,29,35,38,44,60H,6-11,24-26,28H2,1-5H3,(H,50,61)(H,51,57)(H,52,64)(H,54,63)(H,56,62)/b22-18+/t35-,38+,44-/m1/s1. The second-order valence-corrected chi connectivity index (χ2v) is 21.8. The van der Waals surface area contributed by atoms with E-state index in [2.05, 4.69) is 40.9 Å². The molecule has 1 saturated heterocycles. The van der Waals surface area contributed by atoms with Crippen LogP contribution < -0.4 is 30.7 Å². The third-order valence-corrected chi connectivity index (χ3v) is 14.9. The fourth-order valence-corrected chi connectivity index (χ4v) is 10.2. The normalized spacial score (nSPS) is 15.1. The predicted octanol–water partition coefficient (Wildman–Crippen LogP) is 5.76. The van der Waals surface area contributed by atoms with Crippen LogP contribution in [0.4, 0.5) is 16.5 Å². The Morgan fingerprint density at radius 1 is 0.973 bits per heavy atom. The van der Waals surface area contributed by atoms with Crippen molar-refractivity contribution in [3.63, 3.8) is 0 Å². The Bertz CT molecular complexity index is 2920. The summed E-state index contributed by atoms with van der Waals surface area (Å²) in [7, 11) is -2.84. The van der Waals surface area contributed by atoms with Crippen LogP contribution >= 0.6 is 22.7 Å². The zero-order valence-electron chi connectivity index (χ0n) is 40.9. The van der Waals surface area contributed by atoms with Gasteiger partial charge in [0.25, 0.3) is 15.9 Å². The van der Waals surface area contributed by atoms with Crippen LogP contribution in [0.15, 0.2) is 83.3 Å². The van der Waals surface area contributed by atoms with Gasteiger partial charge >= 0.3 is 5.00 Å². The number of nitrogens with one attached hydrogen (secondary N) is 5. The number of carbonyl (C=O) groups is 5. The van der Waals surface area contributed by atoms with Crippen molar-refractivity contribution < 1.29 is 47.2 Å². The maximum atomic E-state index is 14.0. The number of methoxy groups -OCH3 is 1. The van der Waals surface area contributed by atoms with Crippen molar-refractivity contribution in [2.45, 2.75) is 102 Å². The smallest absolute Gasteiger partial charge is 0.324 e. The Hall–Kier alpha value is -7.15. The number of nitro groups is 1. The molecule has 0 aliphatic carbocycles. The van der Waals surface area contributed by atoms with E-state index in [0.717, 1.165) is 33.0 Å². The number of aromatic nitrogens is 3. The van der Waals surface area contributed by atoms with E-state index < -0.39 is 56.3 Å². The van der Waals surface area contributed by atoms with Gasteiger partial charge in [0, 0.05) is 61.6 Å². The van der Waals surface area contributed by atoms with Crippen LogP contribution in [0.1, 0.15) is 81.1 Å². The number of thiazole rings is 1. The molecule has 73 heavy (non-hydrogen) atoms. The number of ether oxygens (including phenoxy) is 1. The molecule has 3 aromatic heterocycles. The Morgan fingerprint density at radius 2 is 1.68 bits per heavy atom. The van der Waals surface area contributed by atoms with E-state index in [4.69, 9.17) is 4.74 Å². The third kappa shape index (κ3) is 15.7. The van der Waals surface area contributed by atoms with Gasteiger partial charge in [-0.3, -0.25) is 38.8 Å². The number of unbranched alkanes of at least 4 members (excludes halogenated alkanes) is 1. The van der Waals surface area contributed by atoms with Crippen LogP contribution in [0.25, 0.3) is 16.5 Å². The number of hydrogen-bond donors (Lipinski definition) is 6. The minimum Gasteiger partial charge on any atom is -0.478 e. The zero-order valence-corrected chi connectivity index (χ0v) is 43.3. The highest BCUT2D eigenvalue weighted by molar-refractivity contribution is 7.92. The molecule has 0 bridgehead atoms. The molecule has 24 heteroatoms. The number of sulfonamides is 1. The number of carbonyl (C=O) groups excluding carboxylic acids is 5. The van der Waals surface area contributed by atoms with Crippen LogP contribution in [-0.2, 0) is 47.0 Å². The first kappa shape index (κ1) is 55.2. The SMILES string of the molecule is COc1nc(CCCNC(=O)CCCCC(=O)N[C@H](C(=O)N2C[C@H](O)C[C@H]2C(=O)NCc2ccc(-c3scnc3C)cc2)C(C)(C)C)cnc1NS(=O)(=O)c1ccc(NC(=O)/C=C/c2ccc([N+](=O)[O-])s2)cc1. The molecule has 1 fully saturated rings. The Kier molecular flexibility index (Phi) is 18.9. The van der Waals surface area contributed by atoms with Gasteiger partial charge < -0.3 is 36.0 Å². The van der Waals surface area contributed by atoms with Crippen LogP contribution in [0.5, 0.6) is 5.88 Å². The van der Waals surface area contributed by atoms with Gasteiger partial charge in [0.15, 0.2) is 0 Å². The van der Waals surface area contributed by atoms with Gasteiger partial charge in [0.05, 0.1) is 51.0 Å². The van der Waals surface area contributed by atoms with E-state index in [0.29, 0.717) is 48.5 Å². The summed E-state index contributed by atoms with van der Waals surface area (Å²) in [6, 6.07) is 14.1. The molecule has 5 aromatic rings. The lowest BCUT2D eigenvalue weighted by atomic mass is 9.85. The first-order chi connectivity index (χ1) is 34.7. The molecule has 6 rings (SSSR count). The van der Waals surface area contributed by atoms with Gasteiger partial charge in [0.1, 0.15) is 12.1 Å². The molecule has 4 heterocycles. The van der Waals surface area contributed by atoms with E-state index in [9.17, 15) is 47.6 Å². The molecule has 0 unspecified atom stereocenters. The number of β-amino-alcohol motifs (C(OH)–C–C–N with tert-alkyl or cyclic N) is 1. The summed E-state index contributed by atoms with van der Waals surface area (Å²) in [4.78, 5) is 91.7. The lowest BCUT2D eigenvalue weighted by Gasteiger charge is -2.35. The minimum atomic E-state index is -4.16. The van der Waals surface area contributed by atoms with E-state index in [1.807, 2.05) is 52.0 Å². The van der Waals surface area contributed by atoms with Crippen molar-refractivity contribution in [2.24, 2.45) is 5.41 Å². The summed E-state index contributed by atoms with van der Waals surface area (Å²) in [5.74, 6) is -2.20. The average molecular weight is 1060 g/mol. The highest BCUT2D eigenvalue weighted by atomic mass is 32.2. The summed E-state index contributed by atoms with van der Waals surface area (Å²) in [6.07, 6.45) is 5.07. The number of thiophene rings is 1. The quantitative estimate of drug-likeness (QED) is 0.0196. The second-order valence-electron chi connectivity index (χ2n) is 18.2. The van der Waals surface area contributed by atoms with Crippen molar-refractivity contribution in [2.75, 3.05) is 30.2 Å². The number of likely N-dealkylation sites (tertiary alicyclic amines) is 1. The number of rotatable bonds is 23. The van der Waals surface area contributed by atoms with Crippen molar-refractivity contribution in [3.05, 3.63) is 110 Å².